The lowest BCUT2D eigenvalue weighted by atomic mass is 10.1. The van der Waals surface area contributed by atoms with Gasteiger partial charge in [-0.1, -0.05) is 0 Å². The fourth-order valence-corrected chi connectivity index (χ4v) is 1.61. The smallest absolute Gasteiger partial charge is 0.0715 e. The number of aryl methyl sites for hydroxylation is 2. The molecule has 0 saturated heterocycles. The highest BCUT2D eigenvalue weighted by Crippen LogP contribution is 2.19. The van der Waals surface area contributed by atoms with E-state index in [0.29, 0.717) is 6.54 Å². The maximum Gasteiger partial charge on any atom is 0.0715 e. The van der Waals surface area contributed by atoms with E-state index in [-0.39, 0.29) is 6.10 Å². The summed E-state index contributed by atoms with van der Waals surface area (Å²) in [7, 11) is 1.71. The number of anilines is 1. The topological polar surface area (TPSA) is 60.2 Å². The molecule has 1 atom stereocenters. The Morgan fingerprint density at radius 3 is 2.75 bits per heavy atom. The molecule has 0 aliphatic carbocycles. The standard InChI is InChI=1S/C12H21N3O/c1-8-5-12(14-7-9(2)16-4)11(6-13)10(3)15-8/h5,9H,6-7,13H2,1-4H3,(H,14,15). The number of nitrogens with one attached hydrogen (secondary N) is 1. The van der Waals surface area contributed by atoms with Crippen molar-refractivity contribution in [3.8, 4) is 0 Å². The zero-order valence-electron chi connectivity index (χ0n) is 10.5. The number of nitrogens with zero attached hydrogens (tertiary/aromatic N) is 1. The van der Waals surface area contributed by atoms with Crippen molar-refractivity contribution in [3.05, 3.63) is 23.0 Å². The van der Waals surface area contributed by atoms with Gasteiger partial charge in [-0.3, -0.25) is 4.98 Å². The number of aromatic nitrogens is 1. The third-order valence-corrected chi connectivity index (χ3v) is 2.65. The number of pyridine rings is 1. The van der Waals surface area contributed by atoms with Crippen LogP contribution in [0.5, 0.6) is 0 Å². The Bertz CT molecular complexity index is 352. The van der Waals surface area contributed by atoms with Crippen LogP contribution in [0.4, 0.5) is 5.69 Å². The van der Waals surface area contributed by atoms with Gasteiger partial charge in [-0.25, -0.2) is 0 Å². The molecule has 1 rings (SSSR count). The molecule has 1 aromatic rings. The summed E-state index contributed by atoms with van der Waals surface area (Å²) in [6.07, 6.45) is 0.180. The second-order valence-corrected chi connectivity index (χ2v) is 4.01. The maximum atomic E-state index is 5.73. The normalized spacial score (nSPS) is 12.6. The van der Waals surface area contributed by atoms with Gasteiger partial charge in [0.25, 0.3) is 0 Å². The number of hydrogen-bond acceptors (Lipinski definition) is 4. The molecule has 4 heteroatoms. The average Bonchev–Trinajstić information content (AvgIpc) is 2.25. The van der Waals surface area contributed by atoms with E-state index in [2.05, 4.69) is 10.3 Å². The SMILES string of the molecule is COC(C)CNc1cc(C)nc(C)c1CN. The second kappa shape index (κ2) is 5.82. The van der Waals surface area contributed by atoms with E-state index in [0.717, 1.165) is 29.2 Å². The largest absolute Gasteiger partial charge is 0.382 e. The van der Waals surface area contributed by atoms with Gasteiger partial charge in [-0.2, -0.15) is 0 Å². The summed E-state index contributed by atoms with van der Waals surface area (Å²) in [5.41, 5.74) is 9.87. The van der Waals surface area contributed by atoms with Gasteiger partial charge in [0.05, 0.1) is 6.10 Å². The molecule has 0 radical (unpaired) electrons. The Hall–Kier alpha value is -1.13. The lowest BCUT2D eigenvalue weighted by Crippen LogP contribution is -2.20. The van der Waals surface area contributed by atoms with E-state index in [4.69, 9.17) is 10.5 Å². The summed E-state index contributed by atoms with van der Waals surface area (Å²) in [5.74, 6) is 0. The van der Waals surface area contributed by atoms with Gasteiger partial charge in [0, 0.05) is 42.8 Å². The molecule has 0 spiro atoms. The average molecular weight is 223 g/mol. The highest BCUT2D eigenvalue weighted by Gasteiger charge is 2.07. The summed E-state index contributed by atoms with van der Waals surface area (Å²) in [6.45, 7) is 7.27. The van der Waals surface area contributed by atoms with Crippen molar-refractivity contribution in [2.45, 2.75) is 33.4 Å². The van der Waals surface area contributed by atoms with Crippen LogP contribution in [-0.2, 0) is 11.3 Å². The van der Waals surface area contributed by atoms with Crippen LogP contribution < -0.4 is 11.1 Å². The van der Waals surface area contributed by atoms with Crippen molar-refractivity contribution in [1.29, 1.82) is 0 Å². The van der Waals surface area contributed by atoms with Crippen LogP contribution in [0.2, 0.25) is 0 Å². The second-order valence-electron chi connectivity index (χ2n) is 4.01. The molecular formula is C12H21N3O. The Morgan fingerprint density at radius 2 is 2.19 bits per heavy atom. The summed E-state index contributed by atoms with van der Waals surface area (Å²) >= 11 is 0. The summed E-state index contributed by atoms with van der Waals surface area (Å²) in [6, 6.07) is 2.03. The summed E-state index contributed by atoms with van der Waals surface area (Å²) in [5, 5.41) is 3.35. The van der Waals surface area contributed by atoms with Crippen LogP contribution in [0.1, 0.15) is 23.9 Å². The van der Waals surface area contributed by atoms with E-state index >= 15 is 0 Å². The fourth-order valence-electron chi connectivity index (χ4n) is 1.61. The lowest BCUT2D eigenvalue weighted by Gasteiger charge is -2.16. The quantitative estimate of drug-likeness (QED) is 0.796. The van der Waals surface area contributed by atoms with Crippen LogP contribution in [0.15, 0.2) is 6.07 Å². The molecule has 1 heterocycles. The highest BCUT2D eigenvalue weighted by atomic mass is 16.5. The van der Waals surface area contributed by atoms with E-state index in [1.807, 2.05) is 26.8 Å². The van der Waals surface area contributed by atoms with Crippen LogP contribution in [0, 0.1) is 13.8 Å². The van der Waals surface area contributed by atoms with Crippen molar-refractivity contribution in [2.24, 2.45) is 5.73 Å². The molecule has 0 aliphatic rings. The molecular weight excluding hydrogens is 202 g/mol. The van der Waals surface area contributed by atoms with E-state index < -0.39 is 0 Å². The Morgan fingerprint density at radius 1 is 1.50 bits per heavy atom. The fraction of sp³-hybridized carbons (Fsp3) is 0.583. The summed E-state index contributed by atoms with van der Waals surface area (Å²) in [4.78, 5) is 4.40. The Labute approximate surface area is 97.2 Å². The molecule has 0 bridgehead atoms. The Balaban J connectivity index is 2.85. The van der Waals surface area contributed by atoms with Crippen LogP contribution in [0.3, 0.4) is 0 Å². The van der Waals surface area contributed by atoms with Gasteiger partial charge in [0.15, 0.2) is 0 Å². The number of hydrogen-bond donors (Lipinski definition) is 2. The third-order valence-electron chi connectivity index (χ3n) is 2.65. The van der Waals surface area contributed by atoms with Crippen molar-refractivity contribution in [2.75, 3.05) is 19.0 Å². The lowest BCUT2D eigenvalue weighted by molar-refractivity contribution is 0.129. The molecule has 16 heavy (non-hydrogen) atoms. The van der Waals surface area contributed by atoms with Crippen LogP contribution in [-0.4, -0.2) is 24.7 Å². The van der Waals surface area contributed by atoms with Gasteiger partial charge >= 0.3 is 0 Å². The minimum atomic E-state index is 0.180. The van der Waals surface area contributed by atoms with Crippen molar-refractivity contribution < 1.29 is 4.74 Å². The first-order valence-corrected chi connectivity index (χ1v) is 5.52. The van der Waals surface area contributed by atoms with Crippen molar-refractivity contribution >= 4 is 5.69 Å². The first kappa shape index (κ1) is 12.9. The maximum absolute atomic E-state index is 5.73. The molecule has 0 aliphatic heterocycles. The molecule has 0 fully saturated rings. The molecule has 0 aromatic carbocycles. The predicted molar refractivity (Wildman–Crippen MR) is 66.6 cm³/mol. The van der Waals surface area contributed by atoms with E-state index in [1.54, 1.807) is 7.11 Å². The van der Waals surface area contributed by atoms with Crippen LogP contribution in [0.25, 0.3) is 0 Å². The van der Waals surface area contributed by atoms with Gasteiger partial charge < -0.3 is 15.8 Å². The highest BCUT2D eigenvalue weighted by molar-refractivity contribution is 5.53. The van der Waals surface area contributed by atoms with E-state index in [9.17, 15) is 0 Å². The minimum Gasteiger partial charge on any atom is -0.382 e. The molecule has 1 unspecified atom stereocenters. The first-order chi connectivity index (χ1) is 7.58. The number of rotatable bonds is 5. The molecule has 0 amide bonds. The molecule has 90 valence electrons. The van der Waals surface area contributed by atoms with Crippen molar-refractivity contribution in [1.82, 2.24) is 4.98 Å². The third kappa shape index (κ3) is 3.18. The van der Waals surface area contributed by atoms with Gasteiger partial charge in [0.1, 0.15) is 0 Å². The molecule has 1 aromatic heterocycles. The minimum absolute atomic E-state index is 0.180. The number of nitrogens with two attached hydrogens (primary N) is 1. The summed E-state index contributed by atoms with van der Waals surface area (Å²) < 4.78 is 5.20. The van der Waals surface area contributed by atoms with Gasteiger partial charge in [0.2, 0.25) is 0 Å². The van der Waals surface area contributed by atoms with E-state index in [1.165, 1.54) is 0 Å². The monoisotopic (exact) mass is 223 g/mol. The number of methoxy groups -OCH3 is 1. The Kier molecular flexibility index (Phi) is 4.71. The van der Waals surface area contributed by atoms with Crippen molar-refractivity contribution in [3.63, 3.8) is 0 Å². The first-order valence-electron chi connectivity index (χ1n) is 5.52. The predicted octanol–water partition coefficient (Wildman–Crippen LogP) is 1.60. The van der Waals surface area contributed by atoms with Gasteiger partial charge in [-0.05, 0) is 26.8 Å². The van der Waals surface area contributed by atoms with Gasteiger partial charge in [-0.15, -0.1) is 0 Å². The van der Waals surface area contributed by atoms with Crippen LogP contribution >= 0.6 is 0 Å². The molecule has 0 saturated carbocycles. The number of ether oxygens (including phenoxy) is 1. The molecule has 3 N–H and O–H groups in total. The zero-order valence-corrected chi connectivity index (χ0v) is 10.5. The zero-order chi connectivity index (χ0) is 12.1. The molecule has 4 nitrogen and oxygen atoms in total.